The van der Waals surface area contributed by atoms with Crippen molar-refractivity contribution in [3.8, 4) is 17.0 Å². The van der Waals surface area contributed by atoms with Gasteiger partial charge in [-0.1, -0.05) is 19.9 Å². The van der Waals surface area contributed by atoms with Gasteiger partial charge in [0.1, 0.15) is 5.65 Å². The van der Waals surface area contributed by atoms with E-state index < -0.39 is 0 Å². The Morgan fingerprint density at radius 3 is 2.76 bits per heavy atom. The van der Waals surface area contributed by atoms with Crippen molar-refractivity contribution in [3.05, 3.63) is 46.1 Å². The number of fused-ring (bicyclic) bond motifs is 1. The predicted molar refractivity (Wildman–Crippen MR) is 79.5 cm³/mol. The number of nitrogens with one attached hydrogen (secondary N) is 1. The molecular weight excluding hydrogens is 268 g/mol. The second-order valence-electron chi connectivity index (χ2n) is 5.31. The minimum Gasteiger partial charge on any atom is -0.493 e. The van der Waals surface area contributed by atoms with E-state index in [1.165, 1.54) is 4.52 Å². The molecule has 0 aliphatic carbocycles. The lowest BCUT2D eigenvalue weighted by atomic mass is 10.1. The number of pyridine rings is 1. The van der Waals surface area contributed by atoms with Crippen LogP contribution < -0.4 is 5.56 Å². The van der Waals surface area contributed by atoms with Crippen LogP contribution in [0.3, 0.4) is 0 Å². The van der Waals surface area contributed by atoms with Gasteiger partial charge in [0.05, 0.1) is 11.3 Å². The monoisotopic (exact) mass is 284 g/mol. The van der Waals surface area contributed by atoms with E-state index in [0.29, 0.717) is 11.2 Å². The van der Waals surface area contributed by atoms with Gasteiger partial charge in [-0.05, 0) is 18.9 Å². The van der Waals surface area contributed by atoms with Crippen LogP contribution in [0.4, 0.5) is 0 Å². The Labute approximate surface area is 121 Å². The Balaban J connectivity index is 2.40. The number of hydrogen-bond donors (Lipinski definition) is 2. The van der Waals surface area contributed by atoms with Gasteiger partial charge in [-0.2, -0.15) is 9.61 Å². The van der Waals surface area contributed by atoms with E-state index in [1.54, 1.807) is 12.4 Å². The first-order valence-corrected chi connectivity index (χ1v) is 6.75. The van der Waals surface area contributed by atoms with Crippen LogP contribution in [0.5, 0.6) is 5.88 Å². The fourth-order valence-electron chi connectivity index (χ4n) is 2.56. The van der Waals surface area contributed by atoms with Crippen molar-refractivity contribution in [1.29, 1.82) is 0 Å². The van der Waals surface area contributed by atoms with Gasteiger partial charge in [0.15, 0.2) is 0 Å². The lowest BCUT2D eigenvalue weighted by Gasteiger charge is -2.08. The summed E-state index contributed by atoms with van der Waals surface area (Å²) in [5.41, 5.74) is 2.85. The molecule has 0 saturated heterocycles. The molecule has 108 valence electrons. The fourth-order valence-corrected chi connectivity index (χ4v) is 2.56. The zero-order valence-electron chi connectivity index (χ0n) is 12.1. The number of rotatable bonds is 2. The van der Waals surface area contributed by atoms with Crippen molar-refractivity contribution in [3.63, 3.8) is 0 Å². The van der Waals surface area contributed by atoms with Gasteiger partial charge in [0.2, 0.25) is 5.88 Å². The lowest BCUT2D eigenvalue weighted by Crippen LogP contribution is -2.17. The molecule has 3 aromatic heterocycles. The van der Waals surface area contributed by atoms with Crippen LogP contribution in [0.2, 0.25) is 0 Å². The maximum atomic E-state index is 12.2. The molecule has 0 aromatic carbocycles. The average molecular weight is 284 g/mol. The van der Waals surface area contributed by atoms with Crippen LogP contribution in [0.25, 0.3) is 16.8 Å². The standard InChI is InChI=1S/C15H16N4O2/c1-8(2)11-14(20)17-13-12(10-5-4-6-16-7-10)9(3)18-19(13)15(11)21/h4-8,21H,1-3H3,(H,17,20). The highest BCUT2D eigenvalue weighted by molar-refractivity contribution is 5.79. The highest BCUT2D eigenvalue weighted by Crippen LogP contribution is 2.30. The van der Waals surface area contributed by atoms with E-state index in [-0.39, 0.29) is 17.4 Å². The van der Waals surface area contributed by atoms with Crippen molar-refractivity contribution in [2.24, 2.45) is 0 Å². The fraction of sp³-hybridized carbons (Fsp3) is 0.267. The van der Waals surface area contributed by atoms with Crippen LogP contribution in [0.1, 0.15) is 31.0 Å². The van der Waals surface area contributed by atoms with Gasteiger partial charge in [0.25, 0.3) is 5.56 Å². The molecule has 0 saturated carbocycles. The molecule has 6 heteroatoms. The Bertz CT molecular complexity index is 863. The van der Waals surface area contributed by atoms with Gasteiger partial charge >= 0.3 is 0 Å². The summed E-state index contributed by atoms with van der Waals surface area (Å²) in [6.45, 7) is 5.55. The second-order valence-corrected chi connectivity index (χ2v) is 5.31. The molecule has 3 heterocycles. The molecule has 0 aliphatic rings. The summed E-state index contributed by atoms with van der Waals surface area (Å²) in [5, 5.41) is 14.7. The molecule has 0 spiro atoms. The first-order valence-electron chi connectivity index (χ1n) is 6.75. The van der Waals surface area contributed by atoms with Crippen molar-refractivity contribution in [2.75, 3.05) is 0 Å². The zero-order valence-corrected chi connectivity index (χ0v) is 12.1. The Morgan fingerprint density at radius 2 is 2.14 bits per heavy atom. The Morgan fingerprint density at radius 1 is 1.38 bits per heavy atom. The summed E-state index contributed by atoms with van der Waals surface area (Å²) < 4.78 is 1.38. The van der Waals surface area contributed by atoms with E-state index in [4.69, 9.17) is 0 Å². The molecule has 2 N–H and O–H groups in total. The highest BCUT2D eigenvalue weighted by Gasteiger charge is 2.20. The number of aryl methyl sites for hydroxylation is 1. The van der Waals surface area contributed by atoms with Gasteiger partial charge in [-0.25, -0.2) is 0 Å². The molecule has 0 bridgehead atoms. The number of aromatic nitrogens is 4. The first kappa shape index (κ1) is 13.4. The zero-order chi connectivity index (χ0) is 15.1. The first-order chi connectivity index (χ1) is 10.0. The molecule has 0 amide bonds. The summed E-state index contributed by atoms with van der Waals surface area (Å²) in [7, 11) is 0. The number of aromatic hydroxyl groups is 1. The molecule has 21 heavy (non-hydrogen) atoms. The summed E-state index contributed by atoms with van der Waals surface area (Å²) in [6.07, 6.45) is 3.39. The smallest absolute Gasteiger partial charge is 0.258 e. The normalized spacial score (nSPS) is 11.4. The predicted octanol–water partition coefficient (Wildman–Crippen LogP) is 2.22. The molecule has 0 radical (unpaired) electrons. The van der Waals surface area contributed by atoms with Gasteiger partial charge < -0.3 is 10.1 Å². The van der Waals surface area contributed by atoms with Crippen LogP contribution in [-0.2, 0) is 0 Å². The number of nitrogens with zero attached hydrogens (tertiary/aromatic N) is 3. The van der Waals surface area contributed by atoms with E-state index in [2.05, 4.69) is 15.1 Å². The van der Waals surface area contributed by atoms with Crippen molar-refractivity contribution < 1.29 is 5.11 Å². The number of H-pyrrole nitrogens is 1. The van der Waals surface area contributed by atoms with Gasteiger partial charge in [-0.3, -0.25) is 9.78 Å². The quantitative estimate of drug-likeness (QED) is 0.756. The number of aromatic amines is 1. The molecule has 6 nitrogen and oxygen atoms in total. The third-order valence-electron chi connectivity index (χ3n) is 3.51. The maximum Gasteiger partial charge on any atom is 0.258 e. The van der Waals surface area contributed by atoms with Crippen molar-refractivity contribution in [2.45, 2.75) is 26.7 Å². The highest BCUT2D eigenvalue weighted by atomic mass is 16.3. The lowest BCUT2D eigenvalue weighted by molar-refractivity contribution is 0.422. The molecule has 0 unspecified atom stereocenters. The minimum atomic E-state index is -0.292. The summed E-state index contributed by atoms with van der Waals surface area (Å²) in [5.74, 6) is -0.202. The van der Waals surface area contributed by atoms with Gasteiger partial charge in [-0.15, -0.1) is 0 Å². The molecule has 0 aliphatic heterocycles. The van der Waals surface area contributed by atoms with Crippen molar-refractivity contribution in [1.82, 2.24) is 19.6 Å². The minimum absolute atomic E-state index is 0.0931. The van der Waals surface area contributed by atoms with Crippen molar-refractivity contribution >= 4 is 5.65 Å². The van der Waals surface area contributed by atoms with Crippen LogP contribution in [0.15, 0.2) is 29.3 Å². The SMILES string of the molecule is Cc1nn2c(O)c(C(C)C)c(=O)[nH]c2c1-c1cccnc1. The van der Waals surface area contributed by atoms with Crippen LogP contribution >= 0.6 is 0 Å². The molecular formula is C15H16N4O2. The topological polar surface area (TPSA) is 83.3 Å². The molecule has 0 fully saturated rings. The average Bonchev–Trinajstić information content (AvgIpc) is 2.76. The summed E-state index contributed by atoms with van der Waals surface area (Å²) >= 11 is 0. The Kier molecular flexibility index (Phi) is 3.01. The summed E-state index contributed by atoms with van der Waals surface area (Å²) in [4.78, 5) is 19.1. The second kappa shape index (κ2) is 4.73. The maximum absolute atomic E-state index is 12.2. The van der Waals surface area contributed by atoms with Crippen LogP contribution in [-0.4, -0.2) is 24.7 Å². The molecule has 3 rings (SSSR count). The third kappa shape index (κ3) is 1.99. The molecule has 0 atom stereocenters. The third-order valence-corrected chi connectivity index (χ3v) is 3.51. The van der Waals surface area contributed by atoms with E-state index >= 15 is 0 Å². The summed E-state index contributed by atoms with van der Waals surface area (Å²) in [6, 6.07) is 3.71. The largest absolute Gasteiger partial charge is 0.493 e. The number of hydrogen-bond acceptors (Lipinski definition) is 4. The van der Waals surface area contributed by atoms with E-state index in [9.17, 15) is 9.90 Å². The van der Waals surface area contributed by atoms with Crippen LogP contribution in [0, 0.1) is 6.92 Å². The van der Waals surface area contributed by atoms with E-state index in [1.807, 2.05) is 32.9 Å². The molecule has 3 aromatic rings. The van der Waals surface area contributed by atoms with Gasteiger partial charge in [0, 0.05) is 23.5 Å². The van der Waals surface area contributed by atoms with E-state index in [0.717, 1.165) is 16.8 Å². The Hall–Kier alpha value is -2.63.